The molecular formula is C14H21FN2O2. The van der Waals surface area contributed by atoms with Crippen LogP contribution < -0.4 is 15.4 Å². The summed E-state index contributed by atoms with van der Waals surface area (Å²) in [4.78, 5) is 11.4. The highest BCUT2D eigenvalue weighted by Gasteiger charge is 2.10. The van der Waals surface area contributed by atoms with Crippen molar-refractivity contribution in [2.75, 3.05) is 13.7 Å². The maximum atomic E-state index is 13.8. The number of rotatable bonds is 6. The van der Waals surface area contributed by atoms with E-state index in [9.17, 15) is 9.18 Å². The van der Waals surface area contributed by atoms with Crippen molar-refractivity contribution in [1.29, 1.82) is 0 Å². The number of benzene rings is 1. The number of amides is 1. The molecule has 5 heteroatoms. The van der Waals surface area contributed by atoms with Crippen LogP contribution in [0, 0.1) is 5.82 Å². The Hall–Kier alpha value is -1.62. The molecule has 0 radical (unpaired) electrons. The topological polar surface area (TPSA) is 50.4 Å². The van der Waals surface area contributed by atoms with Crippen molar-refractivity contribution >= 4 is 5.91 Å². The smallest absolute Gasteiger partial charge is 0.258 e. The molecule has 106 valence electrons. The molecule has 1 amide bonds. The molecule has 1 aromatic rings. The molecular weight excluding hydrogens is 247 g/mol. The van der Waals surface area contributed by atoms with Gasteiger partial charge in [0.2, 0.25) is 0 Å². The van der Waals surface area contributed by atoms with Crippen LogP contribution in [0.15, 0.2) is 18.2 Å². The van der Waals surface area contributed by atoms with Crippen LogP contribution in [0.1, 0.15) is 32.4 Å². The third-order valence-electron chi connectivity index (χ3n) is 2.70. The second kappa shape index (κ2) is 7.09. The summed E-state index contributed by atoms with van der Waals surface area (Å²) in [7, 11) is 1.81. The molecule has 0 bridgehead atoms. The van der Waals surface area contributed by atoms with Crippen LogP contribution in [-0.4, -0.2) is 25.6 Å². The Bertz CT molecular complexity index is 435. The highest BCUT2D eigenvalue weighted by atomic mass is 19.1. The molecule has 1 aromatic carbocycles. The summed E-state index contributed by atoms with van der Waals surface area (Å²) in [6, 6.07) is 4.84. The molecule has 0 aliphatic rings. The Balaban J connectivity index is 2.63. The van der Waals surface area contributed by atoms with E-state index < -0.39 is 5.82 Å². The van der Waals surface area contributed by atoms with Gasteiger partial charge in [-0.25, -0.2) is 4.39 Å². The van der Waals surface area contributed by atoms with Crippen LogP contribution in [-0.2, 0) is 4.79 Å². The SMILES string of the molecule is CNC(C)c1ccc(OCC(=O)NC(C)C)c(F)c1. The molecule has 0 heterocycles. The van der Waals surface area contributed by atoms with Crippen molar-refractivity contribution in [1.82, 2.24) is 10.6 Å². The predicted octanol–water partition coefficient (Wildman–Crippen LogP) is 2.01. The lowest BCUT2D eigenvalue weighted by Gasteiger charge is -2.13. The van der Waals surface area contributed by atoms with E-state index in [1.54, 1.807) is 12.1 Å². The average molecular weight is 268 g/mol. The molecule has 2 N–H and O–H groups in total. The quantitative estimate of drug-likeness (QED) is 0.829. The van der Waals surface area contributed by atoms with Crippen LogP contribution in [0.25, 0.3) is 0 Å². The molecule has 0 aliphatic heterocycles. The molecule has 0 saturated carbocycles. The van der Waals surface area contributed by atoms with Crippen molar-refractivity contribution in [3.8, 4) is 5.75 Å². The number of hydrogen-bond donors (Lipinski definition) is 2. The Morgan fingerprint density at radius 3 is 2.58 bits per heavy atom. The van der Waals surface area contributed by atoms with E-state index in [-0.39, 0.29) is 30.3 Å². The third-order valence-corrected chi connectivity index (χ3v) is 2.70. The van der Waals surface area contributed by atoms with Crippen molar-refractivity contribution in [2.45, 2.75) is 32.9 Å². The van der Waals surface area contributed by atoms with Crippen LogP contribution in [0.3, 0.4) is 0 Å². The summed E-state index contributed by atoms with van der Waals surface area (Å²) in [6.45, 7) is 5.46. The second-order valence-corrected chi connectivity index (χ2v) is 4.71. The summed E-state index contributed by atoms with van der Waals surface area (Å²) in [5.74, 6) is -0.634. The lowest BCUT2D eigenvalue weighted by molar-refractivity contribution is -0.123. The first-order chi connectivity index (χ1) is 8.93. The van der Waals surface area contributed by atoms with E-state index in [0.29, 0.717) is 0 Å². The normalized spacial score (nSPS) is 12.3. The van der Waals surface area contributed by atoms with Crippen molar-refractivity contribution in [3.05, 3.63) is 29.6 Å². The molecule has 0 spiro atoms. The van der Waals surface area contributed by atoms with Gasteiger partial charge in [-0.15, -0.1) is 0 Å². The summed E-state index contributed by atoms with van der Waals surface area (Å²) in [6.07, 6.45) is 0. The van der Waals surface area contributed by atoms with Crippen LogP contribution >= 0.6 is 0 Å². The summed E-state index contributed by atoms with van der Waals surface area (Å²) in [5.41, 5.74) is 0.832. The van der Waals surface area contributed by atoms with Crippen LogP contribution in [0.4, 0.5) is 4.39 Å². The van der Waals surface area contributed by atoms with Gasteiger partial charge < -0.3 is 15.4 Å². The Morgan fingerprint density at radius 1 is 1.37 bits per heavy atom. The minimum Gasteiger partial charge on any atom is -0.481 e. The number of hydrogen-bond acceptors (Lipinski definition) is 3. The van der Waals surface area contributed by atoms with E-state index in [0.717, 1.165) is 5.56 Å². The van der Waals surface area contributed by atoms with E-state index >= 15 is 0 Å². The van der Waals surface area contributed by atoms with Gasteiger partial charge in [-0.1, -0.05) is 6.07 Å². The van der Waals surface area contributed by atoms with Crippen molar-refractivity contribution in [2.24, 2.45) is 0 Å². The zero-order chi connectivity index (χ0) is 14.4. The summed E-state index contributed by atoms with van der Waals surface area (Å²) >= 11 is 0. The van der Waals surface area contributed by atoms with Gasteiger partial charge in [0.15, 0.2) is 18.2 Å². The lowest BCUT2D eigenvalue weighted by atomic mass is 10.1. The fraction of sp³-hybridized carbons (Fsp3) is 0.500. The fourth-order valence-corrected chi connectivity index (χ4v) is 1.58. The molecule has 1 unspecified atom stereocenters. The van der Waals surface area contributed by atoms with Gasteiger partial charge in [0.05, 0.1) is 0 Å². The first kappa shape index (κ1) is 15.4. The molecule has 0 aromatic heterocycles. The van der Waals surface area contributed by atoms with E-state index in [1.165, 1.54) is 6.07 Å². The standard InChI is InChI=1S/C14H21FN2O2/c1-9(2)17-14(18)8-19-13-6-5-11(7-12(13)15)10(3)16-4/h5-7,9-10,16H,8H2,1-4H3,(H,17,18). The molecule has 0 fully saturated rings. The highest BCUT2D eigenvalue weighted by Crippen LogP contribution is 2.21. The molecule has 0 aliphatic carbocycles. The zero-order valence-electron chi connectivity index (χ0n) is 11.8. The van der Waals surface area contributed by atoms with Crippen molar-refractivity contribution in [3.63, 3.8) is 0 Å². The Labute approximate surface area is 113 Å². The van der Waals surface area contributed by atoms with Gasteiger partial charge in [0.25, 0.3) is 5.91 Å². The largest absolute Gasteiger partial charge is 0.481 e. The summed E-state index contributed by atoms with van der Waals surface area (Å²) in [5, 5.41) is 5.70. The number of ether oxygens (including phenoxy) is 1. The van der Waals surface area contributed by atoms with Gasteiger partial charge in [0, 0.05) is 12.1 Å². The third kappa shape index (κ3) is 4.87. The number of nitrogens with one attached hydrogen (secondary N) is 2. The number of carbonyl (C=O) groups is 1. The van der Waals surface area contributed by atoms with Gasteiger partial charge in [-0.05, 0) is 45.5 Å². The molecule has 1 atom stereocenters. The zero-order valence-corrected chi connectivity index (χ0v) is 11.8. The summed E-state index contributed by atoms with van der Waals surface area (Å²) < 4.78 is 18.9. The molecule has 1 rings (SSSR count). The molecule has 0 saturated heterocycles. The highest BCUT2D eigenvalue weighted by molar-refractivity contribution is 5.77. The van der Waals surface area contributed by atoms with Gasteiger partial charge in [0.1, 0.15) is 0 Å². The maximum Gasteiger partial charge on any atom is 0.258 e. The Morgan fingerprint density at radius 2 is 2.05 bits per heavy atom. The van der Waals surface area contributed by atoms with Crippen LogP contribution in [0.2, 0.25) is 0 Å². The first-order valence-electron chi connectivity index (χ1n) is 6.33. The predicted molar refractivity (Wildman–Crippen MR) is 72.6 cm³/mol. The minimum absolute atomic E-state index is 0.0415. The number of halogens is 1. The van der Waals surface area contributed by atoms with Gasteiger partial charge in [-0.3, -0.25) is 4.79 Å². The van der Waals surface area contributed by atoms with E-state index in [2.05, 4.69) is 10.6 Å². The average Bonchev–Trinajstić information content (AvgIpc) is 2.35. The second-order valence-electron chi connectivity index (χ2n) is 4.71. The Kier molecular flexibility index (Phi) is 5.76. The van der Waals surface area contributed by atoms with Crippen molar-refractivity contribution < 1.29 is 13.9 Å². The fourth-order valence-electron chi connectivity index (χ4n) is 1.58. The minimum atomic E-state index is -0.461. The first-order valence-corrected chi connectivity index (χ1v) is 6.33. The van der Waals surface area contributed by atoms with Gasteiger partial charge in [-0.2, -0.15) is 0 Å². The maximum absolute atomic E-state index is 13.8. The van der Waals surface area contributed by atoms with E-state index in [4.69, 9.17) is 4.74 Å². The lowest BCUT2D eigenvalue weighted by Crippen LogP contribution is -2.34. The molecule has 4 nitrogen and oxygen atoms in total. The number of carbonyl (C=O) groups excluding carboxylic acids is 1. The van der Waals surface area contributed by atoms with E-state index in [1.807, 2.05) is 27.8 Å². The van der Waals surface area contributed by atoms with Crippen LogP contribution in [0.5, 0.6) is 5.75 Å². The monoisotopic (exact) mass is 268 g/mol. The molecule has 19 heavy (non-hydrogen) atoms. The van der Waals surface area contributed by atoms with Gasteiger partial charge >= 0.3 is 0 Å².